The van der Waals surface area contributed by atoms with Crippen LogP contribution in [0.5, 0.6) is 0 Å². The predicted molar refractivity (Wildman–Crippen MR) is 91.3 cm³/mol. The van der Waals surface area contributed by atoms with E-state index < -0.39 is 0 Å². The van der Waals surface area contributed by atoms with E-state index in [9.17, 15) is 4.79 Å². The highest BCUT2D eigenvalue weighted by Gasteiger charge is 2.35. The molecule has 1 saturated heterocycles. The molecule has 0 spiro atoms. The van der Waals surface area contributed by atoms with Crippen molar-refractivity contribution in [2.45, 2.75) is 51.4 Å². The summed E-state index contributed by atoms with van der Waals surface area (Å²) in [5.74, 6) is 2.39. The number of hydrogen-bond donors (Lipinski definition) is 2. The third-order valence-electron chi connectivity index (χ3n) is 4.70. The number of rotatable bonds is 3. The summed E-state index contributed by atoms with van der Waals surface area (Å²) in [6.45, 7) is 6.27. The topological polar surface area (TPSA) is 75.1 Å². The summed E-state index contributed by atoms with van der Waals surface area (Å²) in [5.41, 5.74) is 6.41. The molecule has 2 aromatic rings. The van der Waals surface area contributed by atoms with Crippen molar-refractivity contribution in [1.82, 2.24) is 30.5 Å². The van der Waals surface area contributed by atoms with Gasteiger partial charge in [0.2, 0.25) is 5.91 Å². The third kappa shape index (κ3) is 2.74. The SMILES string of the molecule is CC(C)c1nnc2n1CCN(C(=O)C1CC(c3cccs3)NN1)C2. The minimum absolute atomic E-state index is 0.141. The first-order valence-corrected chi connectivity index (χ1v) is 9.26. The minimum atomic E-state index is -0.184. The second-order valence-electron chi connectivity index (χ2n) is 6.69. The number of nitrogens with zero attached hydrogens (tertiary/aromatic N) is 4. The highest BCUT2D eigenvalue weighted by Crippen LogP contribution is 2.27. The van der Waals surface area contributed by atoms with Gasteiger partial charge in [-0.15, -0.1) is 21.5 Å². The van der Waals surface area contributed by atoms with E-state index in [1.165, 1.54) is 4.88 Å². The molecule has 24 heavy (non-hydrogen) atoms. The number of amides is 1. The fourth-order valence-corrected chi connectivity index (χ4v) is 4.20. The molecule has 0 bridgehead atoms. The summed E-state index contributed by atoms with van der Waals surface area (Å²) in [7, 11) is 0. The monoisotopic (exact) mass is 346 g/mol. The maximum absolute atomic E-state index is 12.8. The second-order valence-corrected chi connectivity index (χ2v) is 7.66. The van der Waals surface area contributed by atoms with Crippen LogP contribution < -0.4 is 10.9 Å². The molecule has 2 unspecified atom stereocenters. The van der Waals surface area contributed by atoms with Crippen molar-refractivity contribution in [2.24, 2.45) is 0 Å². The molecular weight excluding hydrogens is 324 g/mol. The average molecular weight is 346 g/mol. The molecule has 2 aliphatic rings. The van der Waals surface area contributed by atoms with Gasteiger partial charge in [-0.05, 0) is 17.9 Å². The zero-order chi connectivity index (χ0) is 16.7. The Bertz CT molecular complexity index is 725. The Morgan fingerprint density at radius 3 is 2.96 bits per heavy atom. The normalized spacial score (nSPS) is 23.7. The molecule has 0 saturated carbocycles. The standard InChI is InChI=1S/C16H22N6OS/c1-10(2)15-20-19-14-9-21(5-6-22(14)15)16(23)12-8-11(17-18-12)13-4-3-7-24-13/h3-4,7,10-12,17-18H,5-6,8-9H2,1-2H3. The van der Waals surface area contributed by atoms with Crippen molar-refractivity contribution >= 4 is 17.2 Å². The molecule has 2 aromatic heterocycles. The van der Waals surface area contributed by atoms with Gasteiger partial charge in [-0.1, -0.05) is 19.9 Å². The Labute approximate surface area is 145 Å². The van der Waals surface area contributed by atoms with Crippen LogP contribution in [0.1, 0.15) is 48.8 Å². The quantitative estimate of drug-likeness (QED) is 0.879. The Balaban J connectivity index is 1.43. The molecule has 0 radical (unpaired) electrons. The van der Waals surface area contributed by atoms with E-state index in [4.69, 9.17) is 0 Å². The molecular formula is C16H22N6OS. The van der Waals surface area contributed by atoms with Crippen LogP contribution in [0.3, 0.4) is 0 Å². The lowest BCUT2D eigenvalue weighted by Gasteiger charge is -2.30. The molecule has 4 rings (SSSR count). The minimum Gasteiger partial charge on any atom is -0.332 e. The number of fused-ring (bicyclic) bond motifs is 1. The summed E-state index contributed by atoms with van der Waals surface area (Å²) >= 11 is 1.72. The van der Waals surface area contributed by atoms with Crippen LogP contribution in [-0.4, -0.2) is 38.2 Å². The molecule has 2 aliphatic heterocycles. The molecule has 4 heterocycles. The van der Waals surface area contributed by atoms with Crippen LogP contribution in [0, 0.1) is 0 Å². The zero-order valence-electron chi connectivity index (χ0n) is 13.9. The Hall–Kier alpha value is -1.77. The maximum atomic E-state index is 12.8. The molecule has 0 aliphatic carbocycles. The second kappa shape index (κ2) is 6.27. The van der Waals surface area contributed by atoms with Crippen molar-refractivity contribution in [2.75, 3.05) is 6.54 Å². The summed E-state index contributed by atoms with van der Waals surface area (Å²) in [6, 6.07) is 4.17. The molecule has 0 aromatic carbocycles. The number of thiophene rings is 1. The van der Waals surface area contributed by atoms with Crippen LogP contribution in [0.2, 0.25) is 0 Å². The third-order valence-corrected chi connectivity index (χ3v) is 5.68. The van der Waals surface area contributed by atoms with Crippen molar-refractivity contribution in [3.05, 3.63) is 34.0 Å². The van der Waals surface area contributed by atoms with Crippen LogP contribution in [-0.2, 0) is 17.9 Å². The smallest absolute Gasteiger partial charge is 0.241 e. The fourth-order valence-electron chi connectivity index (χ4n) is 3.41. The lowest BCUT2D eigenvalue weighted by molar-refractivity contribution is -0.134. The van der Waals surface area contributed by atoms with E-state index >= 15 is 0 Å². The van der Waals surface area contributed by atoms with Gasteiger partial charge in [-0.2, -0.15) is 0 Å². The number of aromatic nitrogens is 3. The zero-order valence-corrected chi connectivity index (χ0v) is 14.7. The van der Waals surface area contributed by atoms with Crippen molar-refractivity contribution in [1.29, 1.82) is 0 Å². The van der Waals surface area contributed by atoms with E-state index in [0.717, 1.165) is 24.6 Å². The average Bonchev–Trinajstić information content (AvgIpc) is 3.31. The van der Waals surface area contributed by atoms with Gasteiger partial charge >= 0.3 is 0 Å². The highest BCUT2D eigenvalue weighted by atomic mass is 32.1. The van der Waals surface area contributed by atoms with E-state index in [1.54, 1.807) is 11.3 Å². The molecule has 1 amide bonds. The Morgan fingerprint density at radius 2 is 2.21 bits per heavy atom. The van der Waals surface area contributed by atoms with Gasteiger partial charge in [0.05, 0.1) is 12.6 Å². The summed E-state index contributed by atoms with van der Waals surface area (Å²) in [5, 5.41) is 10.6. The maximum Gasteiger partial charge on any atom is 0.241 e. The summed E-state index contributed by atoms with van der Waals surface area (Å²) in [6.07, 6.45) is 0.778. The van der Waals surface area contributed by atoms with Gasteiger partial charge in [-0.3, -0.25) is 4.79 Å². The number of hydrazine groups is 1. The molecule has 2 N–H and O–H groups in total. The van der Waals surface area contributed by atoms with Gasteiger partial charge in [0.15, 0.2) is 5.82 Å². The van der Waals surface area contributed by atoms with Gasteiger partial charge in [-0.25, -0.2) is 10.9 Å². The summed E-state index contributed by atoms with van der Waals surface area (Å²) < 4.78 is 2.16. The van der Waals surface area contributed by atoms with Gasteiger partial charge in [0, 0.05) is 23.9 Å². The first-order valence-electron chi connectivity index (χ1n) is 8.38. The van der Waals surface area contributed by atoms with Gasteiger partial charge in [0.1, 0.15) is 11.9 Å². The van der Waals surface area contributed by atoms with Crippen molar-refractivity contribution in [3.63, 3.8) is 0 Å². The first kappa shape index (κ1) is 15.7. The van der Waals surface area contributed by atoms with Crippen LogP contribution in [0.25, 0.3) is 0 Å². The van der Waals surface area contributed by atoms with Gasteiger partial charge in [0.25, 0.3) is 0 Å². The highest BCUT2D eigenvalue weighted by molar-refractivity contribution is 7.10. The molecule has 8 heteroatoms. The van der Waals surface area contributed by atoms with E-state index in [1.807, 2.05) is 11.0 Å². The van der Waals surface area contributed by atoms with Crippen molar-refractivity contribution in [3.8, 4) is 0 Å². The fraction of sp³-hybridized carbons (Fsp3) is 0.562. The van der Waals surface area contributed by atoms with Crippen LogP contribution in [0.4, 0.5) is 0 Å². The number of carbonyl (C=O) groups is 1. The number of hydrogen-bond acceptors (Lipinski definition) is 6. The number of nitrogens with one attached hydrogen (secondary N) is 2. The van der Waals surface area contributed by atoms with E-state index in [-0.39, 0.29) is 18.0 Å². The first-order chi connectivity index (χ1) is 11.6. The van der Waals surface area contributed by atoms with Crippen molar-refractivity contribution < 1.29 is 4.79 Å². The van der Waals surface area contributed by atoms with E-state index in [2.05, 4.69) is 50.9 Å². The molecule has 2 atom stereocenters. The lowest BCUT2D eigenvalue weighted by Crippen LogP contribution is -2.48. The Kier molecular flexibility index (Phi) is 4.11. The van der Waals surface area contributed by atoms with E-state index in [0.29, 0.717) is 19.0 Å². The van der Waals surface area contributed by atoms with Crippen LogP contribution in [0.15, 0.2) is 17.5 Å². The Morgan fingerprint density at radius 1 is 1.33 bits per heavy atom. The lowest BCUT2D eigenvalue weighted by atomic mass is 10.1. The predicted octanol–water partition coefficient (Wildman–Crippen LogP) is 1.41. The molecule has 128 valence electrons. The molecule has 1 fully saturated rings. The van der Waals surface area contributed by atoms with Gasteiger partial charge < -0.3 is 9.47 Å². The number of carbonyl (C=O) groups excluding carboxylic acids is 1. The molecule has 7 nitrogen and oxygen atoms in total. The largest absolute Gasteiger partial charge is 0.332 e. The van der Waals surface area contributed by atoms with Crippen LogP contribution >= 0.6 is 11.3 Å². The summed E-state index contributed by atoms with van der Waals surface area (Å²) in [4.78, 5) is 16.0.